The molecule has 0 bridgehead atoms. The summed E-state index contributed by atoms with van der Waals surface area (Å²) < 4.78 is 19.4. The lowest BCUT2D eigenvalue weighted by molar-refractivity contribution is 0.189. The van der Waals surface area contributed by atoms with Crippen molar-refractivity contribution in [3.05, 3.63) is 63.9 Å². The van der Waals surface area contributed by atoms with Gasteiger partial charge in [0.15, 0.2) is 0 Å². The molecule has 1 N–H and O–H groups in total. The van der Waals surface area contributed by atoms with E-state index in [1.807, 2.05) is 19.1 Å². The third kappa shape index (κ3) is 3.30. The van der Waals surface area contributed by atoms with Gasteiger partial charge in [0.1, 0.15) is 18.2 Å². The monoisotopic (exact) mass is 294 g/mol. The molecule has 0 amide bonds. The Morgan fingerprint density at radius 1 is 1.30 bits per heavy atom. The molecule has 0 aromatic heterocycles. The number of hydrogen-bond donors (Lipinski definition) is 1. The second-order valence-corrected chi connectivity index (χ2v) is 5.13. The van der Waals surface area contributed by atoms with Crippen LogP contribution in [-0.2, 0) is 6.61 Å². The molecule has 0 aliphatic heterocycles. The second-order valence-electron chi connectivity index (χ2n) is 4.72. The topological polar surface area (TPSA) is 29.5 Å². The smallest absolute Gasteiger partial charge is 0.148 e. The molecule has 0 aliphatic carbocycles. The highest BCUT2D eigenvalue weighted by Crippen LogP contribution is 2.27. The number of ether oxygens (including phenoxy) is 1. The number of aliphatic hydroxyl groups is 1. The molecule has 0 saturated heterocycles. The molecule has 1 atom stereocenters. The normalized spacial score (nSPS) is 12.2. The fourth-order valence-electron chi connectivity index (χ4n) is 1.94. The minimum atomic E-state index is -0.644. The van der Waals surface area contributed by atoms with Gasteiger partial charge in [-0.15, -0.1) is 0 Å². The third-order valence-corrected chi connectivity index (χ3v) is 3.32. The number of benzene rings is 2. The van der Waals surface area contributed by atoms with E-state index in [-0.39, 0.29) is 11.6 Å². The van der Waals surface area contributed by atoms with Crippen molar-refractivity contribution in [3.8, 4) is 5.75 Å². The summed E-state index contributed by atoms with van der Waals surface area (Å²) in [5.41, 5.74) is 2.10. The van der Waals surface area contributed by atoms with Gasteiger partial charge in [-0.25, -0.2) is 4.39 Å². The molecule has 2 nitrogen and oxygen atoms in total. The molecule has 2 aromatic rings. The van der Waals surface area contributed by atoms with Gasteiger partial charge in [-0.05, 0) is 32.0 Å². The first kappa shape index (κ1) is 14.8. The fourth-order valence-corrected chi connectivity index (χ4v) is 2.14. The molecule has 20 heavy (non-hydrogen) atoms. The highest BCUT2D eigenvalue weighted by Gasteiger charge is 2.11. The summed E-state index contributed by atoms with van der Waals surface area (Å²) in [6.07, 6.45) is -0.644. The van der Waals surface area contributed by atoms with Crippen LogP contribution in [0.15, 0.2) is 36.4 Å². The van der Waals surface area contributed by atoms with Crippen LogP contribution in [0.5, 0.6) is 5.75 Å². The van der Waals surface area contributed by atoms with Crippen LogP contribution in [0.25, 0.3) is 0 Å². The summed E-state index contributed by atoms with van der Waals surface area (Å²) in [5.74, 6) is 0.0739. The van der Waals surface area contributed by atoms with E-state index in [4.69, 9.17) is 16.3 Å². The maximum atomic E-state index is 13.8. The van der Waals surface area contributed by atoms with Crippen LogP contribution in [0.4, 0.5) is 4.39 Å². The lowest BCUT2D eigenvalue weighted by Gasteiger charge is -2.14. The largest absolute Gasteiger partial charge is 0.488 e. The molecule has 2 rings (SSSR count). The SMILES string of the molecule is Cc1ccc(OCc2cccc(Cl)c2F)c([C@@H](C)O)c1. The quantitative estimate of drug-likeness (QED) is 0.904. The van der Waals surface area contributed by atoms with Crippen LogP contribution < -0.4 is 4.74 Å². The molecule has 0 heterocycles. The lowest BCUT2D eigenvalue weighted by Crippen LogP contribution is -2.03. The van der Waals surface area contributed by atoms with Gasteiger partial charge in [0.05, 0.1) is 11.1 Å². The average Bonchev–Trinajstić information content (AvgIpc) is 2.41. The Kier molecular flexibility index (Phi) is 4.63. The second kappa shape index (κ2) is 6.25. The van der Waals surface area contributed by atoms with Crippen molar-refractivity contribution < 1.29 is 14.2 Å². The summed E-state index contributed by atoms with van der Waals surface area (Å²) in [6, 6.07) is 10.3. The van der Waals surface area contributed by atoms with Gasteiger partial charge in [0.2, 0.25) is 0 Å². The van der Waals surface area contributed by atoms with Gasteiger partial charge in [-0.2, -0.15) is 0 Å². The van der Waals surface area contributed by atoms with Crippen LogP contribution in [0.2, 0.25) is 5.02 Å². The molecule has 0 fully saturated rings. The van der Waals surface area contributed by atoms with Gasteiger partial charge in [0, 0.05) is 11.1 Å². The molecule has 106 valence electrons. The minimum Gasteiger partial charge on any atom is -0.488 e. The summed E-state index contributed by atoms with van der Waals surface area (Å²) in [4.78, 5) is 0. The van der Waals surface area contributed by atoms with E-state index in [0.29, 0.717) is 16.9 Å². The molecule has 0 saturated carbocycles. The van der Waals surface area contributed by atoms with E-state index in [0.717, 1.165) is 5.56 Å². The first-order chi connectivity index (χ1) is 9.49. The molecule has 2 aromatic carbocycles. The predicted molar refractivity (Wildman–Crippen MR) is 77.6 cm³/mol. The standard InChI is InChI=1S/C16H16ClFO2/c1-10-6-7-15(13(8-10)11(2)19)20-9-12-4-3-5-14(17)16(12)18/h3-8,11,19H,9H2,1-2H3/t11-/m1/s1. The Morgan fingerprint density at radius 3 is 2.75 bits per heavy atom. The maximum absolute atomic E-state index is 13.8. The van der Waals surface area contributed by atoms with E-state index in [1.54, 1.807) is 25.1 Å². The molecule has 4 heteroatoms. The number of aliphatic hydroxyl groups excluding tert-OH is 1. The van der Waals surface area contributed by atoms with E-state index in [9.17, 15) is 9.50 Å². The molecular formula is C16H16ClFO2. The number of aryl methyl sites for hydroxylation is 1. The Bertz CT molecular complexity index is 611. The first-order valence-corrected chi connectivity index (χ1v) is 6.71. The van der Waals surface area contributed by atoms with E-state index >= 15 is 0 Å². The average molecular weight is 295 g/mol. The van der Waals surface area contributed by atoms with Crippen molar-refractivity contribution in [2.45, 2.75) is 26.6 Å². The summed E-state index contributed by atoms with van der Waals surface area (Å²) in [7, 11) is 0. The van der Waals surface area contributed by atoms with Crippen LogP contribution in [0.3, 0.4) is 0 Å². The molecule has 0 unspecified atom stereocenters. The molecular weight excluding hydrogens is 279 g/mol. The Hall–Kier alpha value is -1.58. The predicted octanol–water partition coefficient (Wildman–Crippen LogP) is 4.42. The zero-order valence-corrected chi connectivity index (χ0v) is 12.1. The van der Waals surface area contributed by atoms with Gasteiger partial charge in [-0.1, -0.05) is 35.4 Å². The van der Waals surface area contributed by atoms with E-state index in [1.165, 1.54) is 6.07 Å². The zero-order valence-electron chi connectivity index (χ0n) is 11.4. The molecule has 0 spiro atoms. The van der Waals surface area contributed by atoms with Crippen molar-refractivity contribution in [1.29, 1.82) is 0 Å². The van der Waals surface area contributed by atoms with Crippen molar-refractivity contribution in [2.24, 2.45) is 0 Å². The van der Waals surface area contributed by atoms with Crippen molar-refractivity contribution >= 4 is 11.6 Å². The van der Waals surface area contributed by atoms with Crippen molar-refractivity contribution in [3.63, 3.8) is 0 Å². The third-order valence-electron chi connectivity index (χ3n) is 3.03. The van der Waals surface area contributed by atoms with Gasteiger partial charge in [0.25, 0.3) is 0 Å². The highest BCUT2D eigenvalue weighted by molar-refractivity contribution is 6.30. The Morgan fingerprint density at radius 2 is 2.05 bits per heavy atom. The fraction of sp³-hybridized carbons (Fsp3) is 0.250. The van der Waals surface area contributed by atoms with Crippen molar-refractivity contribution in [1.82, 2.24) is 0 Å². The van der Waals surface area contributed by atoms with Gasteiger partial charge < -0.3 is 9.84 Å². The first-order valence-electron chi connectivity index (χ1n) is 6.33. The zero-order chi connectivity index (χ0) is 14.7. The molecule has 0 aliphatic rings. The molecule has 0 radical (unpaired) electrons. The van der Waals surface area contributed by atoms with Crippen molar-refractivity contribution in [2.75, 3.05) is 0 Å². The number of hydrogen-bond acceptors (Lipinski definition) is 2. The summed E-state index contributed by atoms with van der Waals surface area (Å²) >= 11 is 5.73. The van der Waals surface area contributed by atoms with E-state index < -0.39 is 11.9 Å². The number of rotatable bonds is 4. The summed E-state index contributed by atoms with van der Waals surface area (Å²) in [5, 5.41) is 9.82. The van der Waals surface area contributed by atoms with Gasteiger partial charge >= 0.3 is 0 Å². The Labute approximate surface area is 122 Å². The van der Waals surface area contributed by atoms with Crippen LogP contribution in [-0.4, -0.2) is 5.11 Å². The van der Waals surface area contributed by atoms with Crippen LogP contribution in [0, 0.1) is 12.7 Å². The van der Waals surface area contributed by atoms with Gasteiger partial charge in [-0.3, -0.25) is 0 Å². The summed E-state index contributed by atoms with van der Waals surface area (Å²) in [6.45, 7) is 3.67. The number of halogens is 2. The highest BCUT2D eigenvalue weighted by atomic mass is 35.5. The van der Waals surface area contributed by atoms with E-state index in [2.05, 4.69) is 0 Å². The van der Waals surface area contributed by atoms with Crippen LogP contribution in [0.1, 0.15) is 29.7 Å². The Balaban J connectivity index is 2.21. The maximum Gasteiger partial charge on any atom is 0.148 e. The lowest BCUT2D eigenvalue weighted by atomic mass is 10.1. The minimum absolute atomic E-state index is 0.0647. The van der Waals surface area contributed by atoms with Crippen LogP contribution >= 0.6 is 11.6 Å².